The SMILES string of the molecule is COCC1CCN(C(=O)c2cc(-c3cc4cc(CC(=O)Nc5ccccc5NC(=O)c5cc(-c6cc7ccccc7s6)c6[nH]ccc6c5)ccc4s3)c3[nH]ncc3c2)C1. The van der Waals surface area contributed by atoms with Crippen LogP contribution in [-0.2, 0) is 16.0 Å². The Bertz CT molecular complexity index is 3050. The van der Waals surface area contributed by atoms with Gasteiger partial charge in [-0.25, -0.2) is 0 Å². The molecule has 1 fully saturated rings. The van der Waals surface area contributed by atoms with Crippen LogP contribution in [0.5, 0.6) is 0 Å². The van der Waals surface area contributed by atoms with Crippen LogP contribution in [0.1, 0.15) is 32.7 Å². The first-order valence-corrected chi connectivity index (χ1v) is 21.1. The molecule has 10 rings (SSSR count). The van der Waals surface area contributed by atoms with Gasteiger partial charge in [0, 0.05) is 84.5 Å². The summed E-state index contributed by atoms with van der Waals surface area (Å²) in [6, 6.07) is 35.5. The van der Waals surface area contributed by atoms with Gasteiger partial charge in [-0.05, 0) is 95.6 Å². The Morgan fingerprint density at radius 3 is 2.32 bits per heavy atom. The topological polar surface area (TPSA) is 132 Å². The Labute approximate surface area is 346 Å². The van der Waals surface area contributed by atoms with E-state index < -0.39 is 0 Å². The number of thiophene rings is 2. The third-order valence-corrected chi connectivity index (χ3v) is 13.3. The number of rotatable bonds is 10. The Balaban J connectivity index is 0.858. The summed E-state index contributed by atoms with van der Waals surface area (Å²) in [6.45, 7) is 2.05. The van der Waals surface area contributed by atoms with Crippen molar-refractivity contribution < 1.29 is 19.1 Å². The van der Waals surface area contributed by atoms with Gasteiger partial charge in [0.15, 0.2) is 0 Å². The third kappa shape index (κ3) is 7.16. The van der Waals surface area contributed by atoms with Crippen molar-refractivity contribution in [3.63, 3.8) is 0 Å². The van der Waals surface area contributed by atoms with E-state index in [4.69, 9.17) is 4.74 Å². The van der Waals surface area contributed by atoms with Crippen LogP contribution in [-0.4, -0.2) is 64.6 Å². The van der Waals surface area contributed by atoms with Crippen LogP contribution in [0.2, 0.25) is 0 Å². The Morgan fingerprint density at radius 1 is 0.763 bits per heavy atom. The normalized spacial score (nSPS) is 14.2. The van der Waals surface area contributed by atoms with Gasteiger partial charge < -0.3 is 25.3 Å². The molecule has 1 aliphatic rings. The fraction of sp³-hybridized carbons (Fsp3) is 0.149. The minimum absolute atomic E-state index is 0.0128. The van der Waals surface area contributed by atoms with Crippen LogP contribution >= 0.6 is 22.7 Å². The molecule has 0 bridgehead atoms. The number of nitrogens with zero attached hydrogens (tertiary/aromatic N) is 2. The minimum atomic E-state index is -0.273. The number of aromatic amines is 2. The second-order valence-corrected chi connectivity index (χ2v) is 17.2. The second-order valence-electron chi connectivity index (χ2n) is 15.0. The number of hydrogen-bond donors (Lipinski definition) is 4. The van der Waals surface area contributed by atoms with Crippen molar-refractivity contribution in [2.24, 2.45) is 5.92 Å². The van der Waals surface area contributed by atoms with Crippen molar-refractivity contribution in [2.45, 2.75) is 12.8 Å². The number of H-pyrrole nitrogens is 2. The molecule has 1 aliphatic heterocycles. The summed E-state index contributed by atoms with van der Waals surface area (Å²) in [7, 11) is 1.70. The predicted molar refractivity (Wildman–Crippen MR) is 239 cm³/mol. The highest BCUT2D eigenvalue weighted by Gasteiger charge is 2.28. The lowest BCUT2D eigenvalue weighted by Crippen LogP contribution is -2.29. The van der Waals surface area contributed by atoms with Gasteiger partial charge in [-0.2, -0.15) is 5.10 Å². The van der Waals surface area contributed by atoms with Crippen molar-refractivity contribution in [2.75, 3.05) is 37.4 Å². The highest BCUT2D eigenvalue weighted by atomic mass is 32.1. The first kappa shape index (κ1) is 36.7. The predicted octanol–water partition coefficient (Wildman–Crippen LogP) is 10.3. The molecule has 59 heavy (non-hydrogen) atoms. The van der Waals surface area contributed by atoms with Crippen LogP contribution < -0.4 is 10.6 Å². The number of benzene rings is 5. The fourth-order valence-electron chi connectivity index (χ4n) is 8.17. The van der Waals surface area contributed by atoms with E-state index in [1.165, 1.54) is 4.70 Å². The molecular formula is C47H38N6O4S2. The molecule has 12 heteroatoms. The number of likely N-dealkylation sites (tertiary alicyclic amines) is 1. The Kier molecular flexibility index (Phi) is 9.52. The van der Waals surface area contributed by atoms with Gasteiger partial charge in [-0.15, -0.1) is 22.7 Å². The van der Waals surface area contributed by atoms with Gasteiger partial charge in [0.1, 0.15) is 0 Å². The molecule has 1 atom stereocenters. The lowest BCUT2D eigenvalue weighted by atomic mass is 10.0. The molecule has 10 nitrogen and oxygen atoms in total. The number of ether oxygens (including phenoxy) is 1. The van der Waals surface area contributed by atoms with Gasteiger partial charge in [-0.3, -0.25) is 19.5 Å². The second kappa shape index (κ2) is 15.3. The summed E-state index contributed by atoms with van der Waals surface area (Å²) >= 11 is 3.33. The molecule has 4 aromatic heterocycles. The molecule has 4 N–H and O–H groups in total. The molecule has 1 saturated heterocycles. The van der Waals surface area contributed by atoms with Gasteiger partial charge in [0.05, 0.1) is 41.6 Å². The van der Waals surface area contributed by atoms with E-state index in [0.29, 0.717) is 48.1 Å². The van der Waals surface area contributed by atoms with Crippen molar-refractivity contribution >= 4 is 93.7 Å². The molecule has 0 radical (unpaired) electrons. The summed E-state index contributed by atoms with van der Waals surface area (Å²) in [6.07, 6.45) is 4.72. The molecule has 0 spiro atoms. The van der Waals surface area contributed by atoms with Gasteiger partial charge >= 0.3 is 0 Å². The maximum Gasteiger partial charge on any atom is 0.255 e. The highest BCUT2D eigenvalue weighted by Crippen LogP contribution is 2.40. The van der Waals surface area contributed by atoms with E-state index >= 15 is 0 Å². The molecule has 0 aliphatic carbocycles. The van der Waals surface area contributed by atoms with Crippen molar-refractivity contribution in [1.82, 2.24) is 20.1 Å². The highest BCUT2D eigenvalue weighted by molar-refractivity contribution is 7.22. The standard InChI is InChI=1S/C47H38N6O4S2/c1-57-26-28-13-15-53(25-28)47(56)33-19-34-24-49-52-45(34)36(21-33)42-23-31-16-27(10-11-40(31)59-42)17-43(54)50-37-7-3-4-8-38(37)51-46(55)32-18-30-12-14-48-44(30)35(20-32)41-22-29-6-2-5-9-39(29)58-41/h2-12,14,16,18-24,28,48H,13,15,17,25-26H2,1H3,(H,49,52)(H,50,54)(H,51,55). The number of fused-ring (bicyclic) bond motifs is 4. The van der Waals surface area contributed by atoms with E-state index in [2.05, 4.69) is 50.1 Å². The average Bonchev–Trinajstić information content (AvgIpc) is 4.10. The summed E-state index contributed by atoms with van der Waals surface area (Å²) < 4.78 is 7.59. The number of nitrogens with one attached hydrogen (secondary N) is 4. The minimum Gasteiger partial charge on any atom is -0.384 e. The third-order valence-electron chi connectivity index (χ3n) is 11.0. The zero-order valence-corrected chi connectivity index (χ0v) is 33.6. The van der Waals surface area contributed by atoms with Gasteiger partial charge in [0.2, 0.25) is 5.91 Å². The number of carbonyl (C=O) groups excluding carboxylic acids is 3. The zero-order chi connectivity index (χ0) is 40.0. The molecular weight excluding hydrogens is 777 g/mol. The largest absolute Gasteiger partial charge is 0.384 e. The van der Waals surface area contributed by atoms with Crippen molar-refractivity contribution in [3.8, 4) is 20.9 Å². The zero-order valence-electron chi connectivity index (χ0n) is 32.0. The van der Waals surface area contributed by atoms with E-state index in [-0.39, 0.29) is 24.1 Å². The monoisotopic (exact) mass is 814 g/mol. The van der Waals surface area contributed by atoms with Crippen LogP contribution in [0.25, 0.3) is 62.9 Å². The van der Waals surface area contributed by atoms with Crippen LogP contribution in [0, 0.1) is 5.92 Å². The molecule has 9 aromatic rings. The fourth-order valence-corrected chi connectivity index (χ4v) is 10.3. The number of para-hydroxylation sites is 2. The number of methoxy groups -OCH3 is 1. The van der Waals surface area contributed by atoms with Crippen LogP contribution in [0.15, 0.2) is 122 Å². The van der Waals surface area contributed by atoms with Gasteiger partial charge in [0.25, 0.3) is 11.8 Å². The maximum absolute atomic E-state index is 13.8. The molecule has 3 amide bonds. The summed E-state index contributed by atoms with van der Waals surface area (Å²) in [5.74, 6) is -0.120. The molecule has 1 unspecified atom stereocenters. The lowest BCUT2D eigenvalue weighted by Gasteiger charge is -2.17. The number of carbonyl (C=O) groups is 3. The maximum atomic E-state index is 13.8. The first-order chi connectivity index (χ1) is 28.9. The number of anilines is 2. The van der Waals surface area contributed by atoms with Crippen molar-refractivity contribution in [3.05, 3.63) is 138 Å². The smallest absolute Gasteiger partial charge is 0.255 e. The first-order valence-electron chi connectivity index (χ1n) is 19.5. The van der Waals surface area contributed by atoms with Crippen LogP contribution in [0.3, 0.4) is 0 Å². The van der Waals surface area contributed by atoms with E-state index in [0.717, 1.165) is 70.1 Å². The van der Waals surface area contributed by atoms with E-state index in [9.17, 15) is 14.4 Å². The summed E-state index contributed by atoms with van der Waals surface area (Å²) in [4.78, 5) is 48.4. The number of aromatic nitrogens is 3. The quantitative estimate of drug-likeness (QED) is 0.109. The van der Waals surface area contributed by atoms with Gasteiger partial charge in [-0.1, -0.05) is 36.4 Å². The summed E-state index contributed by atoms with van der Waals surface area (Å²) in [5.41, 5.74) is 6.75. The molecule has 292 valence electrons. The van der Waals surface area contributed by atoms with E-state index in [1.54, 1.807) is 48.1 Å². The molecule has 0 saturated carbocycles. The Hall–Kier alpha value is -6.60. The molecule has 5 heterocycles. The average molecular weight is 815 g/mol. The van der Waals surface area contributed by atoms with Crippen molar-refractivity contribution in [1.29, 1.82) is 0 Å². The van der Waals surface area contributed by atoms with Crippen LogP contribution in [0.4, 0.5) is 11.4 Å². The summed E-state index contributed by atoms with van der Waals surface area (Å²) in [5, 5.41) is 17.5. The van der Waals surface area contributed by atoms with E-state index in [1.807, 2.05) is 83.9 Å². The molecule has 5 aromatic carbocycles. The number of hydrogen-bond acceptors (Lipinski definition) is 7. The Morgan fingerprint density at radius 2 is 1.49 bits per heavy atom. The number of amides is 3. The lowest BCUT2D eigenvalue weighted by molar-refractivity contribution is -0.115.